The van der Waals surface area contributed by atoms with E-state index in [2.05, 4.69) is 267 Å². The van der Waals surface area contributed by atoms with Crippen LogP contribution in [0.2, 0.25) is 0 Å². The molecule has 10 heteroatoms. The van der Waals surface area contributed by atoms with Gasteiger partial charge in [0.1, 0.15) is 22.9 Å². The first kappa shape index (κ1) is 49.4. The fourth-order valence-electron chi connectivity index (χ4n) is 12.5. The molecule has 0 aliphatic heterocycles. The first-order chi connectivity index (χ1) is 42.5. The Morgan fingerprint density at radius 1 is 0.314 bits per heavy atom. The van der Waals surface area contributed by atoms with Crippen molar-refractivity contribution in [3.63, 3.8) is 0 Å². The summed E-state index contributed by atoms with van der Waals surface area (Å²) in [6.07, 6.45) is 0. The molecule has 0 spiro atoms. The van der Waals surface area contributed by atoms with Crippen molar-refractivity contribution in [2.45, 2.75) is 0 Å². The molecule has 0 fully saturated rings. The molecule has 0 amide bonds. The number of aromatic nitrogens is 9. The van der Waals surface area contributed by atoms with Crippen LogP contribution in [-0.2, 0) is 0 Å². The number of fused-ring (bicyclic) bond motifs is 8. The molecule has 0 saturated carbocycles. The maximum Gasteiger partial charge on any atom is 0.182 e. The van der Waals surface area contributed by atoms with Gasteiger partial charge in [-0.05, 0) is 94.0 Å². The van der Waals surface area contributed by atoms with E-state index >= 15 is 0 Å². The molecule has 2 N–H and O–H groups in total. The van der Waals surface area contributed by atoms with E-state index in [1.165, 1.54) is 38.1 Å². The van der Waals surface area contributed by atoms with Crippen LogP contribution in [0.4, 0.5) is 0 Å². The summed E-state index contributed by atoms with van der Waals surface area (Å²) >= 11 is 3.59. The van der Waals surface area contributed by atoms with Crippen LogP contribution < -0.4 is 0 Å². The second kappa shape index (κ2) is 20.0. The number of benzene rings is 11. The number of hydrogen-bond acceptors (Lipinski definition) is 6. The molecule has 17 aromatic rings. The largest absolute Gasteiger partial charge is 0.338 e. The average Bonchev–Trinajstić information content (AvgIpc) is 1.62. The Bertz CT molecular complexity index is 5390. The van der Waals surface area contributed by atoms with Crippen LogP contribution in [0.3, 0.4) is 0 Å². The van der Waals surface area contributed by atoms with E-state index in [0.29, 0.717) is 17.3 Å². The van der Waals surface area contributed by atoms with Gasteiger partial charge in [-0.1, -0.05) is 222 Å². The molecule has 0 aliphatic rings. The number of rotatable bonds is 10. The van der Waals surface area contributed by atoms with E-state index in [9.17, 15) is 0 Å². The van der Waals surface area contributed by atoms with E-state index < -0.39 is 0 Å². The van der Waals surface area contributed by atoms with Crippen LogP contribution in [0.1, 0.15) is 0 Å². The highest BCUT2D eigenvalue weighted by molar-refractivity contribution is 9.10. The molecule has 0 aliphatic carbocycles. The van der Waals surface area contributed by atoms with Gasteiger partial charge in [0.25, 0.3) is 0 Å². The summed E-state index contributed by atoms with van der Waals surface area (Å²) in [5, 5.41) is 4.78. The van der Waals surface area contributed by atoms with Crippen molar-refractivity contribution in [3.05, 3.63) is 271 Å². The fourth-order valence-corrected chi connectivity index (χ4v) is 12.8. The van der Waals surface area contributed by atoms with Crippen LogP contribution >= 0.6 is 15.9 Å². The van der Waals surface area contributed by atoms with Crippen LogP contribution in [-0.4, -0.2) is 44.3 Å². The van der Waals surface area contributed by atoms with E-state index in [4.69, 9.17) is 29.9 Å². The SMILES string of the molecule is Brc1ccc(-c2ccccc2-c2nc3nc(-c4ccc(-c5cccc(-c6ccc7[nH]c(-c8ccccc8-c8cc(-c9ccccc9)nc(-c9cc%10c%11ccccc%11n%11c%12ccccc%12c(c9)c%10%11)n8)nc7c6)c5)cc4)nc(-c4ccccc4)c3[nH]2)cc1. The lowest BCUT2D eigenvalue weighted by atomic mass is 9.98. The molecule has 0 atom stereocenters. The maximum atomic E-state index is 5.44. The van der Waals surface area contributed by atoms with Crippen LogP contribution in [0.25, 0.3) is 173 Å². The van der Waals surface area contributed by atoms with Crippen LogP contribution in [0, 0.1) is 0 Å². The summed E-state index contributed by atoms with van der Waals surface area (Å²) in [7, 11) is 0. The third kappa shape index (κ3) is 8.37. The number of nitrogens with zero attached hydrogens (tertiary/aromatic N) is 7. The second-order valence-corrected chi connectivity index (χ2v) is 22.7. The lowest BCUT2D eigenvalue weighted by molar-refractivity contribution is 1.18. The molecular weight excluding hydrogens is 1120 g/mol. The highest BCUT2D eigenvalue weighted by Crippen LogP contribution is 2.43. The molecule has 6 aromatic heterocycles. The normalized spacial score (nSPS) is 11.8. The maximum absolute atomic E-state index is 5.44. The predicted molar refractivity (Wildman–Crippen MR) is 354 cm³/mol. The molecule has 86 heavy (non-hydrogen) atoms. The number of aromatic amines is 2. The van der Waals surface area contributed by atoms with Gasteiger partial charge in [-0.3, -0.25) is 0 Å². The van der Waals surface area contributed by atoms with Crippen LogP contribution in [0.5, 0.6) is 0 Å². The highest BCUT2D eigenvalue weighted by Gasteiger charge is 2.23. The summed E-state index contributed by atoms with van der Waals surface area (Å²) in [6, 6.07) is 93.3. The molecule has 6 heterocycles. The smallest absolute Gasteiger partial charge is 0.182 e. The van der Waals surface area contributed by atoms with Gasteiger partial charge in [0.05, 0.1) is 39.0 Å². The minimum absolute atomic E-state index is 0.600. The fraction of sp³-hybridized carbons (Fsp3) is 0. The summed E-state index contributed by atoms with van der Waals surface area (Å²) in [4.78, 5) is 38.8. The first-order valence-corrected chi connectivity index (χ1v) is 29.4. The van der Waals surface area contributed by atoms with Gasteiger partial charge in [-0.2, -0.15) is 0 Å². The molecule has 0 unspecified atom stereocenters. The summed E-state index contributed by atoms with van der Waals surface area (Å²) in [5.74, 6) is 2.75. The number of para-hydroxylation sites is 2. The summed E-state index contributed by atoms with van der Waals surface area (Å²) in [6.45, 7) is 0. The van der Waals surface area contributed by atoms with Crippen molar-refractivity contribution >= 4 is 76.2 Å². The summed E-state index contributed by atoms with van der Waals surface area (Å²) < 4.78 is 3.43. The standard InChI is InChI=1S/C76H46BrN9/c77-54-37-34-46(35-38-54)55-22-7-9-26-59(55)75-83-70-69(48-18-5-2-6-19-48)82-72(84-76(70)85-75)49-32-30-45(31-33-49)50-20-15-21-51(40-50)52-36-39-63-66(43-52)81-74(78-63)60-27-10-8-23-56(60)65-44-64(47-16-3-1-4-17-47)79-73(80-65)53-41-61-57-24-11-13-28-67(57)86-68-29-14-12-25-58(68)62(42-53)71(61)86/h1-44H,(H,78,81)(H,82,83,84,85). The Labute approximate surface area is 501 Å². The van der Waals surface area contributed by atoms with Gasteiger partial charge < -0.3 is 14.4 Å². The lowest BCUT2D eigenvalue weighted by Crippen LogP contribution is -1.97. The zero-order valence-corrected chi connectivity index (χ0v) is 47.5. The van der Waals surface area contributed by atoms with Gasteiger partial charge in [-0.25, -0.2) is 29.9 Å². The Morgan fingerprint density at radius 3 is 1.57 bits per heavy atom. The average molecular weight is 1170 g/mol. The van der Waals surface area contributed by atoms with Gasteiger partial charge in [0, 0.05) is 65.0 Å². The molecule has 0 saturated heterocycles. The van der Waals surface area contributed by atoms with Crippen LogP contribution in [0.15, 0.2) is 271 Å². The van der Waals surface area contributed by atoms with Gasteiger partial charge in [-0.15, -0.1) is 0 Å². The first-order valence-electron chi connectivity index (χ1n) is 28.6. The van der Waals surface area contributed by atoms with Gasteiger partial charge in [0.15, 0.2) is 17.3 Å². The predicted octanol–water partition coefficient (Wildman–Crippen LogP) is 19.6. The van der Waals surface area contributed by atoms with Crippen molar-refractivity contribution in [1.29, 1.82) is 0 Å². The third-order valence-corrected chi connectivity index (χ3v) is 17.1. The third-order valence-electron chi connectivity index (χ3n) is 16.6. The van der Waals surface area contributed by atoms with Gasteiger partial charge >= 0.3 is 0 Å². The van der Waals surface area contributed by atoms with E-state index in [1.54, 1.807) is 0 Å². The molecule has 17 rings (SSSR count). The Kier molecular flexibility index (Phi) is 11.5. The van der Waals surface area contributed by atoms with E-state index in [0.717, 1.165) is 122 Å². The van der Waals surface area contributed by atoms with Crippen molar-refractivity contribution in [2.75, 3.05) is 0 Å². The number of nitrogens with one attached hydrogen (secondary N) is 2. The number of hydrogen-bond donors (Lipinski definition) is 2. The minimum Gasteiger partial charge on any atom is -0.338 e. The van der Waals surface area contributed by atoms with E-state index in [1.807, 2.05) is 30.3 Å². The topological polar surface area (TPSA) is 113 Å². The quantitative estimate of drug-likeness (QED) is 0.141. The molecular formula is C76H46BrN9. The Hall–Kier alpha value is -11.2. The number of imidazole rings is 2. The zero-order valence-electron chi connectivity index (χ0n) is 45.9. The van der Waals surface area contributed by atoms with E-state index in [-0.39, 0.29) is 0 Å². The highest BCUT2D eigenvalue weighted by atomic mass is 79.9. The Morgan fingerprint density at radius 2 is 0.849 bits per heavy atom. The van der Waals surface area contributed by atoms with Crippen molar-refractivity contribution in [1.82, 2.24) is 44.3 Å². The van der Waals surface area contributed by atoms with Crippen molar-refractivity contribution in [3.8, 4) is 113 Å². The van der Waals surface area contributed by atoms with Crippen molar-refractivity contribution in [2.24, 2.45) is 0 Å². The lowest BCUT2D eigenvalue weighted by Gasteiger charge is -2.12. The van der Waals surface area contributed by atoms with Gasteiger partial charge in [0.2, 0.25) is 0 Å². The minimum atomic E-state index is 0.600. The summed E-state index contributed by atoms with van der Waals surface area (Å²) in [5.41, 5.74) is 22.4. The second-order valence-electron chi connectivity index (χ2n) is 21.7. The molecule has 0 bridgehead atoms. The number of H-pyrrole nitrogens is 2. The molecule has 11 aromatic carbocycles. The monoisotopic (exact) mass is 1160 g/mol. The Balaban J connectivity index is 0.697. The molecule has 402 valence electrons. The molecule has 9 nitrogen and oxygen atoms in total. The number of halogens is 1. The van der Waals surface area contributed by atoms with Crippen molar-refractivity contribution < 1.29 is 0 Å². The molecule has 0 radical (unpaired) electrons. The zero-order chi connectivity index (χ0) is 56.8.